The van der Waals surface area contributed by atoms with Crippen LogP contribution in [0.15, 0.2) is 109 Å². The van der Waals surface area contributed by atoms with Crippen LogP contribution in [0, 0.1) is 60.2 Å². The fourth-order valence-electron chi connectivity index (χ4n) is 5.37. The van der Waals surface area contributed by atoms with Gasteiger partial charge in [-0.1, -0.05) is 109 Å². The third-order valence-corrected chi connectivity index (χ3v) is 6.79. The molecule has 3 heteroatoms. The van der Waals surface area contributed by atoms with E-state index in [4.69, 9.17) is 17.0 Å². The summed E-state index contributed by atoms with van der Waals surface area (Å²) in [6, 6.07) is 13.3. The first-order valence-electron chi connectivity index (χ1n) is 11.5. The Kier molecular flexibility index (Phi) is 7.21. The molecule has 0 N–H and O–H groups in total. The van der Waals surface area contributed by atoms with E-state index in [1.807, 2.05) is 0 Å². The van der Waals surface area contributed by atoms with Crippen molar-refractivity contribution in [3.63, 3.8) is 0 Å². The molecule has 2 saturated carbocycles. The van der Waals surface area contributed by atoms with Gasteiger partial charge in [0, 0.05) is 47.3 Å². The minimum atomic E-state index is -0.826. The average Bonchev–Trinajstić information content (AvgIpc) is 3.48. The number of hydrogen-bond donors (Lipinski definition) is 0. The van der Waals surface area contributed by atoms with Crippen LogP contribution in [0.25, 0.3) is 10.8 Å². The second kappa shape index (κ2) is 10.5. The van der Waals surface area contributed by atoms with E-state index in [-0.39, 0.29) is 0 Å². The van der Waals surface area contributed by atoms with Crippen molar-refractivity contribution in [1.29, 1.82) is 0 Å². The minimum absolute atomic E-state index is 0.826. The van der Waals surface area contributed by atoms with Crippen molar-refractivity contribution in [3.8, 4) is 0 Å². The van der Waals surface area contributed by atoms with E-state index in [0.717, 1.165) is 0 Å². The molecule has 164 valence electrons. The fraction of sp³-hybridized carbons (Fsp3) is 0. The van der Waals surface area contributed by atoms with Gasteiger partial charge in [-0.2, -0.15) is 0 Å². The number of allylic oxidation sites excluding steroid dienone is 12. The first-order chi connectivity index (χ1) is 17.3. The molecular weight excluding hydrogens is 546 g/mol. The van der Waals surface area contributed by atoms with Gasteiger partial charge in [0.15, 0.2) is 0 Å². The van der Waals surface area contributed by atoms with Gasteiger partial charge in [0.2, 0.25) is 0 Å². The molecule has 2 aromatic carbocycles. The van der Waals surface area contributed by atoms with Crippen LogP contribution in [0.5, 0.6) is 0 Å². The predicted molar refractivity (Wildman–Crippen MR) is 143 cm³/mol. The second-order valence-electron chi connectivity index (χ2n) is 8.62. The molecule has 0 nitrogen and oxygen atoms in total. The van der Waals surface area contributed by atoms with Crippen LogP contribution >= 0.6 is 17.0 Å². The second-order valence-corrected chi connectivity index (χ2v) is 12.4. The number of hydrogen-bond acceptors (Lipinski definition) is 0. The SMILES string of the molecule is [CH]1[C]2C=CC=C[C]2[CH][C]1c1ccc2ccccc2c1[C]1[C]2C=CC=C[C]2[C]2C=CC=C[C]21.[Cl][Zr+2][Cl]. The van der Waals surface area contributed by atoms with Crippen molar-refractivity contribution in [2.45, 2.75) is 0 Å². The number of halogens is 2. The predicted octanol–water partition coefficient (Wildman–Crippen LogP) is 8.32. The fourth-order valence-corrected chi connectivity index (χ4v) is 5.37. The van der Waals surface area contributed by atoms with E-state index in [1.54, 1.807) is 0 Å². The summed E-state index contributed by atoms with van der Waals surface area (Å²) in [7, 11) is 9.87. The molecule has 0 amide bonds. The Bertz CT molecular complexity index is 1210. The summed E-state index contributed by atoms with van der Waals surface area (Å²) >= 11 is -0.826. The van der Waals surface area contributed by atoms with Crippen LogP contribution in [-0.4, -0.2) is 0 Å². The Morgan fingerprint density at radius 3 is 1.63 bits per heavy atom. The van der Waals surface area contributed by atoms with Crippen molar-refractivity contribution in [3.05, 3.63) is 181 Å². The molecule has 0 saturated heterocycles. The van der Waals surface area contributed by atoms with Gasteiger partial charge >= 0.3 is 37.9 Å². The van der Waals surface area contributed by atoms with Gasteiger partial charge in [-0.05, 0) is 34.7 Å². The molecule has 7 rings (SSSR count). The molecule has 2 aromatic rings. The quantitative estimate of drug-likeness (QED) is 0.343. The van der Waals surface area contributed by atoms with Gasteiger partial charge < -0.3 is 0 Å². The van der Waals surface area contributed by atoms with Gasteiger partial charge in [-0.3, -0.25) is 0 Å². The number of benzene rings is 2. The third-order valence-electron chi connectivity index (χ3n) is 6.79. The summed E-state index contributed by atoms with van der Waals surface area (Å²) in [5.74, 6) is 10.5. The van der Waals surface area contributed by atoms with Crippen molar-refractivity contribution in [2.24, 2.45) is 0 Å². The average molecular weight is 567 g/mol. The summed E-state index contributed by atoms with van der Waals surface area (Å²) in [6.45, 7) is 0. The summed E-state index contributed by atoms with van der Waals surface area (Å²) < 4.78 is 0. The first kappa shape index (κ1) is 24.0. The molecule has 0 spiro atoms. The molecule has 0 heterocycles. The zero-order valence-corrected chi connectivity index (χ0v) is 22.8. The van der Waals surface area contributed by atoms with E-state index in [0.29, 0.717) is 0 Å². The normalized spacial score (nSPS) is 22.9. The summed E-state index contributed by atoms with van der Waals surface area (Å²) in [4.78, 5) is 0. The molecule has 0 aromatic heterocycles. The van der Waals surface area contributed by atoms with Gasteiger partial charge in [-0.15, -0.1) is 0 Å². The molecule has 35 heavy (non-hydrogen) atoms. The Balaban J connectivity index is 0.000000727. The molecule has 0 atom stereocenters. The van der Waals surface area contributed by atoms with Crippen molar-refractivity contribution >= 4 is 27.8 Å². The van der Waals surface area contributed by atoms with Crippen LogP contribution in [0.3, 0.4) is 0 Å². The van der Waals surface area contributed by atoms with Crippen molar-refractivity contribution in [2.75, 3.05) is 0 Å². The van der Waals surface area contributed by atoms with E-state index in [1.165, 1.54) is 69.2 Å². The first-order valence-corrected chi connectivity index (χ1v) is 17.8. The molecule has 0 bridgehead atoms. The van der Waals surface area contributed by atoms with E-state index in [2.05, 4.69) is 122 Å². The Morgan fingerprint density at radius 1 is 0.514 bits per heavy atom. The van der Waals surface area contributed by atoms with Crippen LogP contribution in [-0.2, 0) is 20.8 Å². The molecule has 10 radical (unpaired) electrons. The molecule has 5 aliphatic rings. The monoisotopic (exact) mass is 564 g/mol. The Morgan fingerprint density at radius 2 is 1.03 bits per heavy atom. The summed E-state index contributed by atoms with van der Waals surface area (Å²) in [6.07, 6.45) is 31.0. The standard InChI is InChI=1S/C32H20.2ClH.Zr/c1-2-11-23-20-24(19-22(23)10-1)26-18-17-21-9-3-4-12-25(21)31(26)32-29-15-7-5-13-27(29)28-14-6-8-16-30(28)32;;;/h1-20H;2*1H;/q;;;+4/p-2. The molecule has 2 fully saturated rings. The summed E-state index contributed by atoms with van der Waals surface area (Å²) in [5, 5.41) is 2.58. The van der Waals surface area contributed by atoms with Crippen LogP contribution in [0.1, 0.15) is 11.1 Å². The molecule has 0 aliphatic heterocycles. The molecule has 5 aliphatic carbocycles. The van der Waals surface area contributed by atoms with Crippen molar-refractivity contribution in [1.82, 2.24) is 0 Å². The van der Waals surface area contributed by atoms with E-state index >= 15 is 0 Å². The number of fused-ring (bicyclic) bond motifs is 5. The van der Waals surface area contributed by atoms with Crippen molar-refractivity contribution < 1.29 is 20.8 Å². The van der Waals surface area contributed by atoms with Gasteiger partial charge in [-0.25, -0.2) is 0 Å². The van der Waals surface area contributed by atoms with Crippen LogP contribution in [0.2, 0.25) is 0 Å². The summed E-state index contributed by atoms with van der Waals surface area (Å²) in [5.41, 5.74) is 2.62. The maximum atomic E-state index is 4.93. The Hall–Kier alpha value is -1.40. The molecular formula is C32H20Cl2Zr+2. The Labute approximate surface area is 227 Å². The third kappa shape index (κ3) is 4.37. The van der Waals surface area contributed by atoms with Crippen LogP contribution in [0.4, 0.5) is 0 Å². The van der Waals surface area contributed by atoms with Gasteiger partial charge in [0.05, 0.1) is 0 Å². The van der Waals surface area contributed by atoms with Crippen LogP contribution < -0.4 is 0 Å². The topological polar surface area (TPSA) is 0 Å². The maximum absolute atomic E-state index is 4.93. The van der Waals surface area contributed by atoms with E-state index < -0.39 is 20.8 Å². The number of rotatable bonds is 2. The zero-order chi connectivity index (χ0) is 23.8. The van der Waals surface area contributed by atoms with Gasteiger partial charge in [0.1, 0.15) is 0 Å². The van der Waals surface area contributed by atoms with Gasteiger partial charge in [0.25, 0.3) is 0 Å². The molecule has 0 unspecified atom stereocenters. The van der Waals surface area contributed by atoms with E-state index in [9.17, 15) is 0 Å². The zero-order valence-electron chi connectivity index (χ0n) is 18.8.